The smallest absolute Gasteiger partial charge is 0.243 e. The average Bonchev–Trinajstić information content (AvgIpc) is 3.34. The topological polar surface area (TPSA) is 116 Å². The van der Waals surface area contributed by atoms with Gasteiger partial charge in [0.2, 0.25) is 10.0 Å². The molecule has 1 saturated heterocycles. The van der Waals surface area contributed by atoms with Crippen LogP contribution in [0.2, 0.25) is 0 Å². The van der Waals surface area contributed by atoms with Crippen LogP contribution in [0.1, 0.15) is 0 Å². The first kappa shape index (κ1) is 20.0. The quantitative estimate of drug-likeness (QED) is 0.553. The average molecular weight is 431 g/mol. The third-order valence-electron chi connectivity index (χ3n) is 4.85. The molecule has 0 aliphatic carbocycles. The number of anilines is 1. The minimum atomic E-state index is -3.65. The van der Waals surface area contributed by atoms with Crippen molar-refractivity contribution in [1.29, 1.82) is 0 Å². The first-order chi connectivity index (χ1) is 14.5. The predicted molar refractivity (Wildman–Crippen MR) is 107 cm³/mol. The van der Waals surface area contributed by atoms with E-state index in [9.17, 15) is 8.42 Å². The molecular weight excluding hydrogens is 410 g/mol. The molecular formula is C18H21N7O4S. The molecule has 0 radical (unpaired) electrons. The number of nitrogens with zero attached hydrogens (tertiary/aromatic N) is 7. The molecule has 158 valence electrons. The van der Waals surface area contributed by atoms with E-state index in [1.807, 2.05) is 4.90 Å². The molecule has 11 nitrogen and oxygen atoms in total. The maximum atomic E-state index is 13.1. The molecule has 0 unspecified atom stereocenters. The van der Waals surface area contributed by atoms with Gasteiger partial charge in [0.25, 0.3) is 0 Å². The molecule has 12 heteroatoms. The van der Waals surface area contributed by atoms with Gasteiger partial charge in [-0.3, -0.25) is 0 Å². The first-order valence-corrected chi connectivity index (χ1v) is 10.6. The van der Waals surface area contributed by atoms with E-state index >= 15 is 0 Å². The molecule has 0 saturated carbocycles. The van der Waals surface area contributed by atoms with Crippen molar-refractivity contribution in [2.24, 2.45) is 0 Å². The summed E-state index contributed by atoms with van der Waals surface area (Å²) in [5.74, 6) is 2.16. The van der Waals surface area contributed by atoms with Crippen molar-refractivity contribution in [3.63, 3.8) is 0 Å². The van der Waals surface area contributed by atoms with E-state index in [2.05, 4.69) is 20.1 Å². The molecule has 1 aromatic carbocycles. The van der Waals surface area contributed by atoms with Crippen LogP contribution in [-0.4, -0.2) is 77.9 Å². The third-order valence-corrected chi connectivity index (χ3v) is 6.74. The molecule has 3 heterocycles. The van der Waals surface area contributed by atoms with E-state index in [4.69, 9.17) is 9.47 Å². The highest BCUT2D eigenvalue weighted by atomic mass is 32.2. The molecule has 1 aliphatic rings. The maximum absolute atomic E-state index is 13.1. The van der Waals surface area contributed by atoms with Crippen LogP contribution in [0.5, 0.6) is 11.5 Å². The Morgan fingerprint density at radius 2 is 1.63 bits per heavy atom. The van der Waals surface area contributed by atoms with Crippen molar-refractivity contribution in [3.05, 3.63) is 43.2 Å². The molecule has 1 fully saturated rings. The lowest BCUT2D eigenvalue weighted by Crippen LogP contribution is -2.49. The Morgan fingerprint density at radius 1 is 0.900 bits per heavy atom. The van der Waals surface area contributed by atoms with Crippen LogP contribution in [0, 0.1) is 0 Å². The fourth-order valence-corrected chi connectivity index (χ4v) is 4.68. The summed E-state index contributed by atoms with van der Waals surface area (Å²) < 4.78 is 39.6. The van der Waals surface area contributed by atoms with Crippen LogP contribution in [0.25, 0.3) is 5.82 Å². The lowest BCUT2D eigenvalue weighted by Gasteiger charge is -2.34. The number of hydrogen-bond acceptors (Lipinski definition) is 9. The van der Waals surface area contributed by atoms with E-state index in [1.54, 1.807) is 23.1 Å². The van der Waals surface area contributed by atoms with Crippen molar-refractivity contribution in [1.82, 2.24) is 29.0 Å². The van der Waals surface area contributed by atoms with E-state index in [1.165, 1.54) is 43.3 Å². The van der Waals surface area contributed by atoms with E-state index in [0.29, 0.717) is 49.3 Å². The largest absolute Gasteiger partial charge is 0.493 e. The Kier molecular flexibility index (Phi) is 5.50. The molecule has 0 atom stereocenters. The van der Waals surface area contributed by atoms with Crippen molar-refractivity contribution in [2.45, 2.75) is 4.90 Å². The van der Waals surface area contributed by atoms with Crippen LogP contribution in [0.3, 0.4) is 0 Å². The summed E-state index contributed by atoms with van der Waals surface area (Å²) in [4.78, 5) is 14.6. The summed E-state index contributed by atoms with van der Waals surface area (Å²) in [6.45, 7) is 1.67. The summed E-state index contributed by atoms with van der Waals surface area (Å²) >= 11 is 0. The van der Waals surface area contributed by atoms with E-state index in [0.717, 1.165) is 0 Å². The Hall–Kier alpha value is -3.25. The van der Waals surface area contributed by atoms with Gasteiger partial charge in [0, 0.05) is 38.3 Å². The molecule has 3 aromatic rings. The molecule has 0 amide bonds. The van der Waals surface area contributed by atoms with E-state index < -0.39 is 10.0 Å². The van der Waals surface area contributed by atoms with Crippen LogP contribution in [-0.2, 0) is 10.0 Å². The second kappa shape index (κ2) is 8.24. The minimum absolute atomic E-state index is 0.170. The highest BCUT2D eigenvalue weighted by Crippen LogP contribution is 2.31. The molecule has 30 heavy (non-hydrogen) atoms. The Bertz CT molecular complexity index is 1110. The fourth-order valence-electron chi connectivity index (χ4n) is 3.25. The van der Waals surface area contributed by atoms with Gasteiger partial charge in [-0.05, 0) is 12.1 Å². The number of methoxy groups -OCH3 is 2. The van der Waals surface area contributed by atoms with Gasteiger partial charge in [-0.25, -0.2) is 28.1 Å². The zero-order chi connectivity index (χ0) is 21.1. The Balaban J connectivity index is 1.49. The number of benzene rings is 1. The van der Waals surface area contributed by atoms with Crippen LogP contribution >= 0.6 is 0 Å². The number of rotatable bonds is 6. The molecule has 4 rings (SSSR count). The van der Waals surface area contributed by atoms with Gasteiger partial charge in [-0.2, -0.15) is 9.40 Å². The number of piperazine rings is 1. The molecule has 0 spiro atoms. The summed E-state index contributed by atoms with van der Waals surface area (Å²) in [6, 6.07) is 6.40. The van der Waals surface area contributed by atoms with Crippen LogP contribution in [0.4, 0.5) is 5.82 Å². The van der Waals surface area contributed by atoms with Gasteiger partial charge >= 0.3 is 0 Å². The summed E-state index contributed by atoms with van der Waals surface area (Å²) in [5, 5.41) is 4.07. The monoisotopic (exact) mass is 431 g/mol. The number of ether oxygens (including phenoxy) is 2. The van der Waals surface area contributed by atoms with Crippen molar-refractivity contribution >= 4 is 15.8 Å². The summed E-state index contributed by atoms with van der Waals surface area (Å²) in [6.07, 6.45) is 4.44. The first-order valence-electron chi connectivity index (χ1n) is 9.17. The zero-order valence-electron chi connectivity index (χ0n) is 16.5. The highest BCUT2D eigenvalue weighted by molar-refractivity contribution is 7.89. The molecule has 0 bridgehead atoms. The predicted octanol–water partition coefficient (Wildman–Crippen LogP) is 0.585. The lowest BCUT2D eigenvalue weighted by molar-refractivity contribution is 0.353. The van der Waals surface area contributed by atoms with Crippen LogP contribution in [0.15, 0.2) is 48.1 Å². The van der Waals surface area contributed by atoms with Gasteiger partial charge in [0.15, 0.2) is 17.3 Å². The van der Waals surface area contributed by atoms with E-state index in [-0.39, 0.29) is 4.90 Å². The standard InChI is InChI=1S/C18H21N7O4S/c1-28-15-4-3-14(9-16(15)29-2)30(26,27)24-7-5-23(6-8-24)17-10-18(21-12-20-17)25-13-19-11-22-25/h3-4,9-13H,5-8H2,1-2H3. The third kappa shape index (κ3) is 3.78. The highest BCUT2D eigenvalue weighted by Gasteiger charge is 2.30. The normalized spacial score (nSPS) is 15.2. The molecule has 1 aliphatic heterocycles. The molecule has 0 N–H and O–H groups in total. The van der Waals surface area contributed by atoms with Gasteiger partial charge < -0.3 is 14.4 Å². The Morgan fingerprint density at radius 3 is 2.30 bits per heavy atom. The number of hydrogen-bond donors (Lipinski definition) is 0. The van der Waals surface area contributed by atoms with Gasteiger partial charge in [-0.15, -0.1) is 0 Å². The maximum Gasteiger partial charge on any atom is 0.243 e. The van der Waals surface area contributed by atoms with Crippen LogP contribution < -0.4 is 14.4 Å². The van der Waals surface area contributed by atoms with Gasteiger partial charge in [0.1, 0.15) is 24.8 Å². The van der Waals surface area contributed by atoms with Gasteiger partial charge in [-0.1, -0.05) is 0 Å². The van der Waals surface area contributed by atoms with Crippen molar-refractivity contribution in [2.75, 3.05) is 45.3 Å². The second-order valence-electron chi connectivity index (χ2n) is 6.48. The number of aromatic nitrogens is 5. The molecule has 2 aromatic heterocycles. The van der Waals surface area contributed by atoms with Gasteiger partial charge in [0.05, 0.1) is 19.1 Å². The SMILES string of the molecule is COc1ccc(S(=O)(=O)N2CCN(c3cc(-n4cncn4)ncn3)CC2)cc1OC. The van der Waals surface area contributed by atoms with Crippen molar-refractivity contribution in [3.8, 4) is 17.3 Å². The Labute approximate surface area is 174 Å². The summed E-state index contributed by atoms with van der Waals surface area (Å²) in [7, 11) is -0.672. The number of sulfonamides is 1. The fraction of sp³-hybridized carbons (Fsp3) is 0.333. The second-order valence-corrected chi connectivity index (χ2v) is 8.42. The zero-order valence-corrected chi connectivity index (χ0v) is 17.4. The van der Waals surface area contributed by atoms with Crippen molar-refractivity contribution < 1.29 is 17.9 Å². The summed E-state index contributed by atoms with van der Waals surface area (Å²) in [5.41, 5.74) is 0. The lowest BCUT2D eigenvalue weighted by atomic mass is 10.3. The minimum Gasteiger partial charge on any atom is -0.493 e.